The standard InChI is InChI=1S/C8H11N3O2/c1-4-6-5(3-9-7(6)12)11(2)8(13)10-4/h4H,3H2,1-2H3,(H,9,12)(H,10,13). The number of carbonyl (C=O) groups excluding carboxylic acids is 2. The van der Waals surface area contributed by atoms with Gasteiger partial charge in [0.1, 0.15) is 0 Å². The van der Waals surface area contributed by atoms with Crippen molar-refractivity contribution in [1.29, 1.82) is 0 Å². The number of carbonyl (C=O) groups is 2. The first-order valence-electron chi connectivity index (χ1n) is 4.16. The predicted molar refractivity (Wildman–Crippen MR) is 45.8 cm³/mol. The maximum atomic E-state index is 11.3. The summed E-state index contributed by atoms with van der Waals surface area (Å²) in [7, 11) is 1.66. The van der Waals surface area contributed by atoms with Gasteiger partial charge in [-0.05, 0) is 6.92 Å². The van der Waals surface area contributed by atoms with Gasteiger partial charge in [0.15, 0.2) is 0 Å². The van der Waals surface area contributed by atoms with Gasteiger partial charge in [-0.1, -0.05) is 0 Å². The molecule has 0 aromatic rings. The number of likely N-dealkylation sites (N-methyl/N-ethyl adjacent to an activating group) is 1. The molecule has 70 valence electrons. The fourth-order valence-corrected chi connectivity index (χ4v) is 1.71. The largest absolute Gasteiger partial charge is 0.347 e. The Bertz CT molecular complexity index is 321. The maximum absolute atomic E-state index is 11.3. The highest BCUT2D eigenvalue weighted by atomic mass is 16.2. The fourth-order valence-electron chi connectivity index (χ4n) is 1.71. The number of amides is 3. The van der Waals surface area contributed by atoms with E-state index in [1.807, 2.05) is 6.92 Å². The van der Waals surface area contributed by atoms with Gasteiger partial charge >= 0.3 is 6.03 Å². The van der Waals surface area contributed by atoms with Gasteiger partial charge < -0.3 is 10.6 Å². The van der Waals surface area contributed by atoms with Crippen molar-refractivity contribution in [3.05, 3.63) is 11.3 Å². The average Bonchev–Trinajstić information content (AvgIpc) is 2.44. The lowest BCUT2D eigenvalue weighted by Gasteiger charge is -2.28. The van der Waals surface area contributed by atoms with Crippen molar-refractivity contribution in [2.75, 3.05) is 13.6 Å². The molecule has 1 atom stereocenters. The van der Waals surface area contributed by atoms with Gasteiger partial charge in [-0.15, -0.1) is 0 Å². The molecular formula is C8H11N3O2. The summed E-state index contributed by atoms with van der Waals surface area (Å²) in [6, 6.07) is -0.330. The molecule has 5 nitrogen and oxygen atoms in total. The zero-order valence-electron chi connectivity index (χ0n) is 7.55. The number of nitrogens with zero attached hydrogens (tertiary/aromatic N) is 1. The zero-order valence-corrected chi connectivity index (χ0v) is 7.55. The second kappa shape index (κ2) is 2.48. The molecule has 0 bridgehead atoms. The van der Waals surface area contributed by atoms with Crippen LogP contribution < -0.4 is 10.6 Å². The first-order valence-corrected chi connectivity index (χ1v) is 4.16. The third-order valence-electron chi connectivity index (χ3n) is 2.45. The second-order valence-corrected chi connectivity index (χ2v) is 3.27. The highest BCUT2D eigenvalue weighted by Gasteiger charge is 2.35. The summed E-state index contributed by atoms with van der Waals surface area (Å²) in [4.78, 5) is 24.1. The van der Waals surface area contributed by atoms with Crippen LogP contribution in [0.3, 0.4) is 0 Å². The van der Waals surface area contributed by atoms with Crippen LogP contribution in [0, 0.1) is 0 Å². The van der Waals surface area contributed by atoms with Crippen molar-refractivity contribution < 1.29 is 9.59 Å². The summed E-state index contributed by atoms with van der Waals surface area (Å²) in [5.74, 6) is -0.0747. The average molecular weight is 181 g/mol. The van der Waals surface area contributed by atoms with Crippen molar-refractivity contribution >= 4 is 11.9 Å². The summed E-state index contributed by atoms with van der Waals surface area (Å²) in [5.41, 5.74) is 1.48. The van der Waals surface area contributed by atoms with Gasteiger partial charge in [-0.2, -0.15) is 0 Å². The number of rotatable bonds is 0. The first kappa shape index (κ1) is 8.10. The Morgan fingerprint density at radius 2 is 2.15 bits per heavy atom. The van der Waals surface area contributed by atoms with E-state index in [2.05, 4.69) is 10.6 Å². The highest BCUT2D eigenvalue weighted by molar-refractivity contribution is 6.00. The minimum atomic E-state index is -0.179. The molecule has 5 heteroatoms. The minimum absolute atomic E-state index is 0.0747. The van der Waals surface area contributed by atoms with Crippen LogP contribution in [0.1, 0.15) is 6.92 Å². The van der Waals surface area contributed by atoms with E-state index >= 15 is 0 Å². The Labute approximate surface area is 75.8 Å². The van der Waals surface area contributed by atoms with E-state index in [1.165, 1.54) is 4.90 Å². The molecule has 0 saturated carbocycles. The molecule has 1 unspecified atom stereocenters. The van der Waals surface area contributed by atoms with Crippen molar-refractivity contribution in [3.8, 4) is 0 Å². The Hall–Kier alpha value is -1.52. The van der Waals surface area contributed by atoms with Crippen LogP contribution in [-0.2, 0) is 4.79 Å². The van der Waals surface area contributed by atoms with Gasteiger partial charge in [0.25, 0.3) is 5.91 Å². The Kier molecular flexibility index (Phi) is 1.55. The Balaban J connectivity index is 2.45. The number of nitrogens with one attached hydrogen (secondary N) is 2. The van der Waals surface area contributed by atoms with Gasteiger partial charge in [0.05, 0.1) is 23.9 Å². The maximum Gasteiger partial charge on any atom is 0.321 e. The van der Waals surface area contributed by atoms with Crippen LogP contribution in [0.15, 0.2) is 11.3 Å². The van der Waals surface area contributed by atoms with E-state index in [0.29, 0.717) is 12.1 Å². The topological polar surface area (TPSA) is 61.4 Å². The van der Waals surface area contributed by atoms with Gasteiger partial charge in [0.2, 0.25) is 0 Å². The monoisotopic (exact) mass is 181 g/mol. The molecule has 2 rings (SSSR count). The summed E-state index contributed by atoms with van der Waals surface area (Å²) in [6.07, 6.45) is 0. The van der Waals surface area contributed by atoms with E-state index < -0.39 is 0 Å². The zero-order chi connectivity index (χ0) is 9.59. The van der Waals surface area contributed by atoms with Crippen LogP contribution in [0.25, 0.3) is 0 Å². The summed E-state index contributed by atoms with van der Waals surface area (Å²) in [6.45, 7) is 2.27. The molecule has 0 radical (unpaired) electrons. The molecular weight excluding hydrogens is 170 g/mol. The molecule has 0 fully saturated rings. The van der Waals surface area contributed by atoms with Crippen molar-refractivity contribution in [2.24, 2.45) is 0 Å². The predicted octanol–water partition coefficient (Wildman–Crippen LogP) is -0.586. The van der Waals surface area contributed by atoms with Crippen LogP contribution in [0.5, 0.6) is 0 Å². The summed E-state index contributed by atoms with van der Waals surface area (Å²) in [5, 5.41) is 5.40. The number of hydrogen-bond donors (Lipinski definition) is 2. The SMILES string of the molecule is CC1NC(=O)N(C)C2=C1C(=O)NC2. The van der Waals surface area contributed by atoms with Crippen LogP contribution in [-0.4, -0.2) is 36.5 Å². The molecule has 2 heterocycles. The Morgan fingerprint density at radius 1 is 1.46 bits per heavy atom. The number of hydrogen-bond acceptors (Lipinski definition) is 2. The smallest absolute Gasteiger partial charge is 0.321 e. The normalized spacial score (nSPS) is 27.2. The second-order valence-electron chi connectivity index (χ2n) is 3.27. The molecule has 0 aromatic heterocycles. The van der Waals surface area contributed by atoms with Crippen molar-refractivity contribution in [1.82, 2.24) is 15.5 Å². The van der Waals surface area contributed by atoms with Gasteiger partial charge in [0, 0.05) is 7.05 Å². The van der Waals surface area contributed by atoms with E-state index in [1.54, 1.807) is 7.05 Å². The molecule has 13 heavy (non-hydrogen) atoms. The van der Waals surface area contributed by atoms with Crippen molar-refractivity contribution in [3.63, 3.8) is 0 Å². The third-order valence-corrected chi connectivity index (χ3v) is 2.45. The van der Waals surface area contributed by atoms with E-state index in [0.717, 1.165) is 5.70 Å². The molecule has 0 spiro atoms. The lowest BCUT2D eigenvalue weighted by molar-refractivity contribution is -0.116. The van der Waals surface area contributed by atoms with Crippen molar-refractivity contribution in [2.45, 2.75) is 13.0 Å². The quantitative estimate of drug-likeness (QED) is 0.525. The molecule has 3 amide bonds. The van der Waals surface area contributed by atoms with E-state index in [9.17, 15) is 9.59 Å². The van der Waals surface area contributed by atoms with Gasteiger partial charge in [-0.3, -0.25) is 9.69 Å². The van der Waals surface area contributed by atoms with Crippen LogP contribution in [0.4, 0.5) is 4.79 Å². The third kappa shape index (κ3) is 0.998. The lowest BCUT2D eigenvalue weighted by atomic mass is 10.1. The van der Waals surface area contributed by atoms with Gasteiger partial charge in [-0.25, -0.2) is 4.79 Å². The van der Waals surface area contributed by atoms with Crippen LogP contribution in [0.2, 0.25) is 0 Å². The molecule has 0 saturated heterocycles. The Morgan fingerprint density at radius 3 is 2.85 bits per heavy atom. The fraction of sp³-hybridized carbons (Fsp3) is 0.500. The highest BCUT2D eigenvalue weighted by Crippen LogP contribution is 2.21. The molecule has 2 N–H and O–H groups in total. The van der Waals surface area contributed by atoms with E-state index in [4.69, 9.17) is 0 Å². The molecule has 2 aliphatic rings. The molecule has 0 aromatic carbocycles. The lowest BCUT2D eigenvalue weighted by Crippen LogP contribution is -2.48. The minimum Gasteiger partial charge on any atom is -0.347 e. The van der Waals surface area contributed by atoms with Crippen LogP contribution >= 0.6 is 0 Å². The summed E-state index contributed by atoms with van der Waals surface area (Å²) >= 11 is 0. The molecule has 2 aliphatic heterocycles. The summed E-state index contributed by atoms with van der Waals surface area (Å²) < 4.78 is 0. The first-order chi connectivity index (χ1) is 6.11. The molecule has 0 aliphatic carbocycles. The van der Waals surface area contributed by atoms with E-state index in [-0.39, 0.29) is 18.0 Å². The number of urea groups is 1.